The Bertz CT molecular complexity index is 1150. The number of fused-ring (bicyclic) bond motifs is 1. The average molecular weight is 399 g/mol. The zero-order valence-corrected chi connectivity index (χ0v) is 16.4. The molecule has 0 unspecified atom stereocenters. The Morgan fingerprint density at radius 1 is 1.18 bits per heavy atom. The molecular weight excluding hydrogens is 378 g/mol. The molecule has 1 amide bonds. The largest absolute Gasteiger partial charge is 0.440 e. The maximum Gasteiger partial charge on any atom is 0.255 e. The number of nitrogens with zero attached hydrogens (tertiary/aromatic N) is 1. The predicted molar refractivity (Wildman–Crippen MR) is 106 cm³/mol. The highest BCUT2D eigenvalue weighted by molar-refractivity contribution is 7.89. The van der Waals surface area contributed by atoms with Crippen molar-refractivity contribution in [3.8, 4) is 0 Å². The van der Waals surface area contributed by atoms with Crippen LogP contribution in [0.2, 0.25) is 0 Å². The smallest absolute Gasteiger partial charge is 0.255 e. The number of carbonyl (C=O) groups excluding carboxylic acids is 1. The molecule has 0 saturated heterocycles. The molecule has 8 heteroatoms. The SMILES string of the molecule is CC(C)c1nc2cc(NC(=O)c3cccc(S(=O)(=O)NC4CC4)c3)ccc2o1. The van der Waals surface area contributed by atoms with Crippen molar-refractivity contribution in [2.24, 2.45) is 0 Å². The fraction of sp³-hybridized carbons (Fsp3) is 0.300. The number of hydrogen-bond donors (Lipinski definition) is 2. The summed E-state index contributed by atoms with van der Waals surface area (Å²) < 4.78 is 33.0. The summed E-state index contributed by atoms with van der Waals surface area (Å²) in [5.74, 6) is 0.411. The molecule has 1 aromatic heterocycles. The molecule has 1 aliphatic carbocycles. The number of hydrogen-bond acceptors (Lipinski definition) is 5. The van der Waals surface area contributed by atoms with Crippen LogP contribution >= 0.6 is 0 Å². The van der Waals surface area contributed by atoms with Crippen LogP contribution in [0.1, 0.15) is 48.9 Å². The minimum absolute atomic E-state index is 0.00685. The van der Waals surface area contributed by atoms with Crippen LogP contribution in [-0.2, 0) is 10.0 Å². The van der Waals surface area contributed by atoms with E-state index in [0.717, 1.165) is 12.8 Å². The van der Waals surface area contributed by atoms with Gasteiger partial charge in [0.2, 0.25) is 10.0 Å². The molecule has 4 rings (SSSR count). The minimum Gasteiger partial charge on any atom is -0.440 e. The summed E-state index contributed by atoms with van der Waals surface area (Å²) in [5, 5.41) is 2.78. The summed E-state index contributed by atoms with van der Waals surface area (Å²) >= 11 is 0. The van der Waals surface area contributed by atoms with Gasteiger partial charge < -0.3 is 9.73 Å². The van der Waals surface area contributed by atoms with E-state index in [1.807, 2.05) is 13.8 Å². The Kier molecular flexibility index (Phi) is 4.68. The van der Waals surface area contributed by atoms with Gasteiger partial charge in [-0.05, 0) is 49.2 Å². The molecule has 0 radical (unpaired) electrons. The highest BCUT2D eigenvalue weighted by atomic mass is 32.2. The number of benzene rings is 2. The van der Waals surface area contributed by atoms with Crippen molar-refractivity contribution in [2.75, 3.05) is 5.32 Å². The van der Waals surface area contributed by atoms with Crippen molar-refractivity contribution < 1.29 is 17.6 Å². The fourth-order valence-electron chi connectivity index (χ4n) is 2.77. The first-order valence-electron chi connectivity index (χ1n) is 9.16. The summed E-state index contributed by atoms with van der Waals surface area (Å²) in [6.45, 7) is 3.99. The second kappa shape index (κ2) is 7.03. The van der Waals surface area contributed by atoms with Crippen LogP contribution in [0.15, 0.2) is 51.8 Å². The van der Waals surface area contributed by atoms with Gasteiger partial charge in [-0.3, -0.25) is 4.79 Å². The van der Waals surface area contributed by atoms with Gasteiger partial charge in [-0.1, -0.05) is 19.9 Å². The van der Waals surface area contributed by atoms with Crippen LogP contribution in [0.3, 0.4) is 0 Å². The van der Waals surface area contributed by atoms with Gasteiger partial charge in [-0.2, -0.15) is 0 Å². The third kappa shape index (κ3) is 3.93. The van der Waals surface area contributed by atoms with Crippen molar-refractivity contribution in [3.63, 3.8) is 0 Å². The molecule has 1 saturated carbocycles. The normalized spacial score (nSPS) is 14.5. The van der Waals surface area contributed by atoms with E-state index in [-0.39, 0.29) is 22.4 Å². The van der Waals surface area contributed by atoms with E-state index in [1.165, 1.54) is 12.1 Å². The number of anilines is 1. The lowest BCUT2D eigenvalue weighted by atomic mass is 10.2. The molecule has 2 N–H and O–H groups in total. The van der Waals surface area contributed by atoms with Crippen LogP contribution in [-0.4, -0.2) is 25.4 Å². The summed E-state index contributed by atoms with van der Waals surface area (Å²) in [6, 6.07) is 11.2. The van der Waals surface area contributed by atoms with Crippen LogP contribution < -0.4 is 10.0 Å². The van der Waals surface area contributed by atoms with E-state index in [0.29, 0.717) is 22.7 Å². The summed E-state index contributed by atoms with van der Waals surface area (Å²) in [7, 11) is -3.61. The van der Waals surface area contributed by atoms with Gasteiger partial charge >= 0.3 is 0 Å². The number of amides is 1. The minimum atomic E-state index is -3.61. The number of oxazole rings is 1. The first-order chi connectivity index (χ1) is 13.3. The molecule has 3 aromatic rings. The molecule has 0 bridgehead atoms. The number of aromatic nitrogens is 1. The second-order valence-electron chi connectivity index (χ2n) is 7.27. The Hall–Kier alpha value is -2.71. The molecule has 28 heavy (non-hydrogen) atoms. The van der Waals surface area contributed by atoms with Gasteiger partial charge in [0.1, 0.15) is 5.52 Å². The Morgan fingerprint density at radius 3 is 2.68 bits per heavy atom. The van der Waals surface area contributed by atoms with Crippen molar-refractivity contribution >= 4 is 32.7 Å². The van der Waals surface area contributed by atoms with Gasteiger partial charge in [0, 0.05) is 23.2 Å². The van der Waals surface area contributed by atoms with Gasteiger partial charge in [0.25, 0.3) is 5.91 Å². The van der Waals surface area contributed by atoms with Crippen LogP contribution in [0.5, 0.6) is 0 Å². The van der Waals surface area contributed by atoms with Crippen molar-refractivity contribution in [1.82, 2.24) is 9.71 Å². The number of rotatable bonds is 6. The first-order valence-corrected chi connectivity index (χ1v) is 10.6. The monoisotopic (exact) mass is 399 g/mol. The number of nitrogens with one attached hydrogen (secondary N) is 2. The van der Waals surface area contributed by atoms with Crippen LogP contribution in [0, 0.1) is 0 Å². The maximum atomic E-state index is 12.6. The lowest BCUT2D eigenvalue weighted by molar-refractivity contribution is 0.102. The van der Waals surface area contributed by atoms with E-state index < -0.39 is 15.9 Å². The van der Waals surface area contributed by atoms with E-state index in [4.69, 9.17) is 4.42 Å². The molecule has 1 aliphatic rings. The highest BCUT2D eigenvalue weighted by Crippen LogP contribution is 2.25. The topological polar surface area (TPSA) is 101 Å². The van der Waals surface area contributed by atoms with Crippen LogP contribution in [0.25, 0.3) is 11.1 Å². The van der Waals surface area contributed by atoms with Crippen LogP contribution in [0.4, 0.5) is 5.69 Å². The fourth-order valence-corrected chi connectivity index (χ4v) is 4.12. The molecular formula is C20H21N3O4S. The molecule has 2 aromatic carbocycles. The van der Waals surface area contributed by atoms with E-state index in [2.05, 4.69) is 15.0 Å². The van der Waals surface area contributed by atoms with E-state index in [1.54, 1.807) is 30.3 Å². The van der Waals surface area contributed by atoms with Gasteiger partial charge in [-0.15, -0.1) is 0 Å². The molecule has 1 heterocycles. The predicted octanol–water partition coefficient (Wildman–Crippen LogP) is 3.64. The molecule has 0 atom stereocenters. The molecule has 1 fully saturated rings. The summed E-state index contributed by atoms with van der Waals surface area (Å²) in [5.41, 5.74) is 2.14. The second-order valence-corrected chi connectivity index (χ2v) is 8.98. The quantitative estimate of drug-likeness (QED) is 0.659. The van der Waals surface area contributed by atoms with E-state index in [9.17, 15) is 13.2 Å². The summed E-state index contributed by atoms with van der Waals surface area (Å²) in [6.07, 6.45) is 1.70. The highest BCUT2D eigenvalue weighted by Gasteiger charge is 2.28. The molecule has 0 spiro atoms. The van der Waals surface area contributed by atoms with Gasteiger partial charge in [-0.25, -0.2) is 18.1 Å². The van der Waals surface area contributed by atoms with E-state index >= 15 is 0 Å². The summed E-state index contributed by atoms with van der Waals surface area (Å²) in [4.78, 5) is 17.1. The average Bonchev–Trinajstić information content (AvgIpc) is 3.35. The lowest BCUT2D eigenvalue weighted by Crippen LogP contribution is -2.26. The Morgan fingerprint density at radius 2 is 1.96 bits per heavy atom. The third-order valence-electron chi connectivity index (χ3n) is 4.46. The van der Waals surface area contributed by atoms with Gasteiger partial charge in [0.05, 0.1) is 4.90 Å². The third-order valence-corrected chi connectivity index (χ3v) is 5.98. The standard InChI is InChI=1S/C20H21N3O4S/c1-12(2)20-22-17-11-15(8-9-18(17)27-20)21-19(24)13-4-3-5-16(10-13)28(25,26)23-14-6-7-14/h3-5,8-12,14,23H,6-7H2,1-2H3,(H,21,24). The maximum absolute atomic E-state index is 12.6. The molecule has 146 valence electrons. The lowest BCUT2D eigenvalue weighted by Gasteiger charge is -2.08. The molecule has 7 nitrogen and oxygen atoms in total. The Labute approximate surface area is 163 Å². The zero-order valence-electron chi connectivity index (χ0n) is 15.6. The molecule has 0 aliphatic heterocycles. The first kappa shape index (κ1) is 18.6. The number of carbonyl (C=O) groups is 1. The van der Waals surface area contributed by atoms with Crippen molar-refractivity contribution in [1.29, 1.82) is 0 Å². The van der Waals surface area contributed by atoms with Crippen molar-refractivity contribution in [3.05, 3.63) is 53.9 Å². The van der Waals surface area contributed by atoms with Gasteiger partial charge in [0.15, 0.2) is 11.5 Å². The Balaban J connectivity index is 1.55. The van der Waals surface area contributed by atoms with Crippen molar-refractivity contribution in [2.45, 2.75) is 43.5 Å². The number of sulfonamides is 1. The zero-order chi connectivity index (χ0) is 19.9.